The van der Waals surface area contributed by atoms with Crippen molar-refractivity contribution in [3.8, 4) is 0 Å². The van der Waals surface area contributed by atoms with Crippen LogP contribution in [0.1, 0.15) is 30.6 Å². The first-order valence-electron chi connectivity index (χ1n) is 9.38. The molecule has 1 N–H and O–H groups in total. The summed E-state index contributed by atoms with van der Waals surface area (Å²) in [5, 5.41) is 3.95. The van der Waals surface area contributed by atoms with Crippen LogP contribution in [0.5, 0.6) is 0 Å². The van der Waals surface area contributed by atoms with E-state index in [0.717, 1.165) is 35.5 Å². The Morgan fingerprint density at radius 3 is 2.81 bits per heavy atom. The maximum absolute atomic E-state index is 12.1. The highest BCUT2D eigenvalue weighted by atomic mass is 16.3. The SMILES string of the molecule is Cc1cc(N2CCCCC2)nc2ccc(NC(=O)/C=C/c3ccco3)cc12. The van der Waals surface area contributed by atoms with E-state index >= 15 is 0 Å². The summed E-state index contributed by atoms with van der Waals surface area (Å²) < 4.78 is 5.19. The topological polar surface area (TPSA) is 58.4 Å². The van der Waals surface area contributed by atoms with Crippen LogP contribution in [-0.4, -0.2) is 24.0 Å². The van der Waals surface area contributed by atoms with Gasteiger partial charge in [-0.15, -0.1) is 0 Å². The fourth-order valence-corrected chi connectivity index (χ4v) is 3.47. The third-order valence-corrected chi connectivity index (χ3v) is 4.89. The summed E-state index contributed by atoms with van der Waals surface area (Å²) in [6, 6.07) is 11.6. The highest BCUT2D eigenvalue weighted by molar-refractivity contribution is 6.03. The first-order chi connectivity index (χ1) is 13.2. The molecule has 0 aliphatic carbocycles. The van der Waals surface area contributed by atoms with Crippen LogP contribution in [0.4, 0.5) is 11.5 Å². The number of pyridine rings is 1. The second-order valence-electron chi connectivity index (χ2n) is 6.91. The molecule has 3 aromatic rings. The number of aromatic nitrogens is 1. The zero-order valence-corrected chi connectivity index (χ0v) is 15.4. The van der Waals surface area contributed by atoms with E-state index in [2.05, 4.69) is 23.2 Å². The number of nitrogens with one attached hydrogen (secondary N) is 1. The van der Waals surface area contributed by atoms with Crippen LogP contribution in [0.15, 0.2) is 53.2 Å². The lowest BCUT2D eigenvalue weighted by Crippen LogP contribution is -2.30. The van der Waals surface area contributed by atoms with Gasteiger partial charge in [-0.1, -0.05) is 0 Å². The number of carbonyl (C=O) groups excluding carboxylic acids is 1. The van der Waals surface area contributed by atoms with E-state index in [4.69, 9.17) is 9.40 Å². The van der Waals surface area contributed by atoms with Gasteiger partial charge in [-0.05, 0) is 74.2 Å². The average molecular weight is 361 g/mol. The molecule has 0 bridgehead atoms. The molecule has 0 unspecified atom stereocenters. The predicted octanol–water partition coefficient (Wildman–Crippen LogP) is 4.78. The van der Waals surface area contributed by atoms with Crippen molar-refractivity contribution in [1.82, 2.24) is 4.98 Å². The Hall–Kier alpha value is -3.08. The molecule has 1 aliphatic heterocycles. The van der Waals surface area contributed by atoms with Gasteiger partial charge in [0.1, 0.15) is 11.6 Å². The zero-order valence-electron chi connectivity index (χ0n) is 15.4. The number of benzene rings is 1. The van der Waals surface area contributed by atoms with Crippen molar-refractivity contribution in [2.75, 3.05) is 23.3 Å². The number of nitrogens with zero attached hydrogens (tertiary/aromatic N) is 2. The lowest BCUT2D eigenvalue weighted by molar-refractivity contribution is -0.111. The number of anilines is 2. The molecule has 138 valence electrons. The molecule has 3 heterocycles. The van der Waals surface area contributed by atoms with Gasteiger partial charge in [0, 0.05) is 30.2 Å². The summed E-state index contributed by atoms with van der Waals surface area (Å²) in [6.45, 7) is 4.25. The van der Waals surface area contributed by atoms with Gasteiger partial charge in [0.2, 0.25) is 5.91 Å². The van der Waals surface area contributed by atoms with Crippen molar-refractivity contribution in [2.45, 2.75) is 26.2 Å². The van der Waals surface area contributed by atoms with E-state index in [1.165, 1.54) is 30.9 Å². The minimum absolute atomic E-state index is 0.193. The molecule has 0 spiro atoms. The van der Waals surface area contributed by atoms with Crippen LogP contribution in [0.2, 0.25) is 0 Å². The number of aryl methyl sites for hydroxylation is 1. The van der Waals surface area contributed by atoms with E-state index in [-0.39, 0.29) is 5.91 Å². The van der Waals surface area contributed by atoms with E-state index in [1.54, 1.807) is 24.5 Å². The van der Waals surface area contributed by atoms with Crippen LogP contribution in [0.25, 0.3) is 17.0 Å². The number of hydrogen-bond acceptors (Lipinski definition) is 4. The zero-order chi connectivity index (χ0) is 18.6. The number of fused-ring (bicyclic) bond motifs is 1. The molecule has 0 atom stereocenters. The minimum Gasteiger partial charge on any atom is -0.465 e. The molecule has 27 heavy (non-hydrogen) atoms. The largest absolute Gasteiger partial charge is 0.465 e. The molecular formula is C22H23N3O2. The minimum atomic E-state index is -0.193. The number of rotatable bonds is 4. The van der Waals surface area contributed by atoms with Gasteiger partial charge in [-0.25, -0.2) is 4.98 Å². The Kier molecular flexibility index (Phi) is 4.92. The molecule has 1 aromatic carbocycles. The van der Waals surface area contributed by atoms with Gasteiger partial charge < -0.3 is 14.6 Å². The molecule has 5 heteroatoms. The monoisotopic (exact) mass is 361 g/mol. The number of furan rings is 1. The smallest absolute Gasteiger partial charge is 0.248 e. The lowest BCUT2D eigenvalue weighted by Gasteiger charge is -2.28. The van der Waals surface area contributed by atoms with Gasteiger partial charge in [0.05, 0.1) is 11.8 Å². The number of hydrogen-bond donors (Lipinski definition) is 1. The fourth-order valence-electron chi connectivity index (χ4n) is 3.47. The predicted molar refractivity (Wildman–Crippen MR) is 109 cm³/mol. The first-order valence-corrected chi connectivity index (χ1v) is 9.38. The maximum Gasteiger partial charge on any atom is 0.248 e. The second kappa shape index (κ2) is 7.66. The highest BCUT2D eigenvalue weighted by Gasteiger charge is 2.14. The molecule has 0 saturated carbocycles. The Bertz CT molecular complexity index is 971. The Morgan fingerprint density at radius 2 is 2.04 bits per heavy atom. The fraction of sp³-hybridized carbons (Fsp3) is 0.273. The summed E-state index contributed by atoms with van der Waals surface area (Å²) in [6.07, 6.45) is 8.46. The molecule has 1 amide bonds. The van der Waals surface area contributed by atoms with Crippen molar-refractivity contribution in [3.63, 3.8) is 0 Å². The number of piperidine rings is 1. The molecule has 4 rings (SSSR count). The second-order valence-corrected chi connectivity index (χ2v) is 6.91. The van der Waals surface area contributed by atoms with Crippen LogP contribution in [0.3, 0.4) is 0 Å². The maximum atomic E-state index is 12.1. The number of carbonyl (C=O) groups is 1. The van der Waals surface area contributed by atoms with Crippen molar-refractivity contribution in [2.24, 2.45) is 0 Å². The van der Waals surface area contributed by atoms with Gasteiger partial charge in [-0.2, -0.15) is 0 Å². The van der Waals surface area contributed by atoms with E-state index in [1.807, 2.05) is 18.2 Å². The highest BCUT2D eigenvalue weighted by Crippen LogP contribution is 2.26. The third kappa shape index (κ3) is 4.03. The van der Waals surface area contributed by atoms with Crippen molar-refractivity contribution in [1.29, 1.82) is 0 Å². The molecule has 5 nitrogen and oxygen atoms in total. The van der Waals surface area contributed by atoms with Gasteiger partial charge in [0.25, 0.3) is 0 Å². The normalized spacial score (nSPS) is 14.8. The van der Waals surface area contributed by atoms with E-state index < -0.39 is 0 Å². The van der Waals surface area contributed by atoms with Crippen LogP contribution in [0, 0.1) is 6.92 Å². The molecule has 1 saturated heterocycles. The van der Waals surface area contributed by atoms with Gasteiger partial charge in [-0.3, -0.25) is 4.79 Å². The van der Waals surface area contributed by atoms with E-state index in [9.17, 15) is 4.79 Å². The Balaban J connectivity index is 1.53. The molecular weight excluding hydrogens is 338 g/mol. The standard InChI is InChI=1S/C22H23N3O2/c1-16-14-21(25-11-3-2-4-12-25)24-20-9-7-17(15-19(16)20)23-22(26)10-8-18-6-5-13-27-18/h5-10,13-15H,2-4,11-12H2,1H3,(H,23,26)/b10-8+. The van der Waals surface area contributed by atoms with Crippen LogP contribution >= 0.6 is 0 Å². The van der Waals surface area contributed by atoms with Crippen LogP contribution in [-0.2, 0) is 4.79 Å². The first kappa shape index (κ1) is 17.3. The summed E-state index contributed by atoms with van der Waals surface area (Å²) in [5.41, 5.74) is 2.88. The summed E-state index contributed by atoms with van der Waals surface area (Å²) in [7, 11) is 0. The van der Waals surface area contributed by atoms with Crippen LogP contribution < -0.4 is 10.2 Å². The van der Waals surface area contributed by atoms with Crippen molar-refractivity contribution in [3.05, 3.63) is 60.1 Å². The molecule has 2 aromatic heterocycles. The Morgan fingerprint density at radius 1 is 1.19 bits per heavy atom. The molecule has 1 aliphatic rings. The van der Waals surface area contributed by atoms with Gasteiger partial charge >= 0.3 is 0 Å². The van der Waals surface area contributed by atoms with Crippen molar-refractivity contribution < 1.29 is 9.21 Å². The lowest BCUT2D eigenvalue weighted by atomic mass is 10.1. The average Bonchev–Trinajstić information content (AvgIpc) is 3.21. The quantitative estimate of drug-likeness (QED) is 0.680. The number of amides is 1. The molecule has 1 fully saturated rings. The summed E-state index contributed by atoms with van der Waals surface area (Å²) in [4.78, 5) is 19.3. The Labute approximate surface area is 158 Å². The summed E-state index contributed by atoms with van der Waals surface area (Å²) in [5.74, 6) is 1.51. The van der Waals surface area contributed by atoms with Crippen molar-refractivity contribution >= 4 is 34.4 Å². The molecule has 0 radical (unpaired) electrons. The summed E-state index contributed by atoms with van der Waals surface area (Å²) >= 11 is 0. The van der Waals surface area contributed by atoms with Gasteiger partial charge in [0.15, 0.2) is 0 Å². The third-order valence-electron chi connectivity index (χ3n) is 4.89. The van der Waals surface area contributed by atoms with E-state index in [0.29, 0.717) is 5.76 Å².